The molecule has 2 aromatic carbocycles. The van der Waals surface area contributed by atoms with Gasteiger partial charge in [0.15, 0.2) is 0 Å². The lowest BCUT2D eigenvalue weighted by Gasteiger charge is -2.11. The fraction of sp³-hybridized carbons (Fsp3) is 0.160. The van der Waals surface area contributed by atoms with Crippen molar-refractivity contribution in [3.63, 3.8) is 0 Å². The average Bonchev–Trinajstić information content (AvgIpc) is 3.25. The lowest BCUT2D eigenvalue weighted by Crippen LogP contribution is -2.27. The topological polar surface area (TPSA) is 38.1 Å². The molecule has 2 heterocycles. The summed E-state index contributed by atoms with van der Waals surface area (Å²) in [6.45, 7) is 10.4. The number of hydrogen-bond donors (Lipinski definition) is 0. The predicted molar refractivity (Wildman–Crippen MR) is 133 cm³/mol. The number of amides is 1. The van der Waals surface area contributed by atoms with Crippen LogP contribution >= 0.6 is 24.0 Å². The lowest BCUT2D eigenvalue weighted by molar-refractivity contribution is -0.121. The van der Waals surface area contributed by atoms with Gasteiger partial charge in [-0.1, -0.05) is 66.0 Å². The largest absolute Gasteiger partial charge is 0.289 e. The molecule has 1 fully saturated rings. The van der Waals surface area contributed by atoms with E-state index in [0.717, 1.165) is 33.6 Å². The molecule has 0 spiro atoms. The zero-order valence-corrected chi connectivity index (χ0v) is 19.4. The molecule has 0 aliphatic carbocycles. The van der Waals surface area contributed by atoms with Gasteiger partial charge in [-0.15, -0.1) is 6.58 Å². The van der Waals surface area contributed by atoms with E-state index in [9.17, 15) is 4.79 Å². The van der Waals surface area contributed by atoms with Crippen LogP contribution < -0.4 is 0 Å². The summed E-state index contributed by atoms with van der Waals surface area (Å²) in [5, 5.41) is 4.93. The third-order valence-corrected chi connectivity index (χ3v) is 6.53. The number of aromatic nitrogens is 2. The average molecular weight is 446 g/mol. The Morgan fingerprint density at radius 1 is 1.13 bits per heavy atom. The van der Waals surface area contributed by atoms with Crippen LogP contribution in [-0.2, 0) is 4.79 Å². The van der Waals surface area contributed by atoms with E-state index in [1.165, 1.54) is 17.3 Å². The van der Waals surface area contributed by atoms with Crippen LogP contribution in [0.2, 0.25) is 0 Å². The lowest BCUT2D eigenvalue weighted by atomic mass is 9.95. The quantitative estimate of drug-likeness (QED) is 0.280. The highest BCUT2D eigenvalue weighted by molar-refractivity contribution is 8.26. The maximum Gasteiger partial charge on any atom is 0.266 e. The molecule has 0 N–H and O–H groups in total. The molecule has 4 nitrogen and oxygen atoms in total. The summed E-state index contributed by atoms with van der Waals surface area (Å²) in [6.07, 6.45) is 5.57. The number of aryl methyl sites for hydroxylation is 3. The number of carbonyl (C=O) groups is 1. The van der Waals surface area contributed by atoms with Crippen molar-refractivity contribution in [3.05, 3.63) is 88.5 Å². The predicted octanol–water partition coefficient (Wildman–Crippen LogP) is 5.85. The number of thioether (sulfide) groups is 1. The van der Waals surface area contributed by atoms with E-state index in [4.69, 9.17) is 17.3 Å². The Morgan fingerprint density at radius 3 is 2.45 bits per heavy atom. The first-order valence-electron chi connectivity index (χ1n) is 9.98. The van der Waals surface area contributed by atoms with Crippen molar-refractivity contribution in [2.24, 2.45) is 0 Å². The van der Waals surface area contributed by atoms with Crippen molar-refractivity contribution in [1.82, 2.24) is 14.7 Å². The van der Waals surface area contributed by atoms with E-state index in [1.54, 1.807) is 11.0 Å². The Hall–Kier alpha value is -2.96. The molecule has 31 heavy (non-hydrogen) atoms. The summed E-state index contributed by atoms with van der Waals surface area (Å²) in [5.41, 5.74) is 7.33. The third-order valence-electron chi connectivity index (χ3n) is 5.15. The van der Waals surface area contributed by atoms with Gasteiger partial charge in [-0.2, -0.15) is 5.10 Å². The van der Waals surface area contributed by atoms with Crippen LogP contribution in [0.3, 0.4) is 0 Å². The molecule has 4 rings (SSSR count). The van der Waals surface area contributed by atoms with Crippen molar-refractivity contribution in [2.75, 3.05) is 6.54 Å². The van der Waals surface area contributed by atoms with E-state index in [0.29, 0.717) is 15.8 Å². The molecule has 6 heteroatoms. The molecule has 3 aromatic rings. The molecule has 0 radical (unpaired) electrons. The molecule has 1 aromatic heterocycles. The van der Waals surface area contributed by atoms with Crippen LogP contribution in [0.15, 0.2) is 66.2 Å². The molecular weight excluding hydrogens is 422 g/mol. The van der Waals surface area contributed by atoms with Crippen LogP contribution in [0.4, 0.5) is 0 Å². The fourth-order valence-electron chi connectivity index (χ4n) is 3.88. The van der Waals surface area contributed by atoms with Crippen LogP contribution in [0.5, 0.6) is 0 Å². The van der Waals surface area contributed by atoms with E-state index in [1.807, 2.05) is 47.3 Å². The van der Waals surface area contributed by atoms with Gasteiger partial charge in [0, 0.05) is 23.9 Å². The minimum Gasteiger partial charge on any atom is -0.289 e. The second-order valence-corrected chi connectivity index (χ2v) is 9.24. The number of thiocarbonyl (C=S) groups is 1. The summed E-state index contributed by atoms with van der Waals surface area (Å²) in [4.78, 5) is 15.1. The number of carbonyl (C=O) groups excluding carboxylic acids is 1. The summed E-state index contributed by atoms with van der Waals surface area (Å²) in [6, 6.07) is 14.3. The van der Waals surface area contributed by atoms with Crippen LogP contribution in [-0.4, -0.2) is 31.5 Å². The fourth-order valence-corrected chi connectivity index (χ4v) is 5.15. The van der Waals surface area contributed by atoms with Gasteiger partial charge in [-0.25, -0.2) is 4.68 Å². The Labute approximate surface area is 192 Å². The SMILES string of the molecule is C=CCN1C(=O)C(=Cc2cn(-c3ccccc3)nc2-c2c(C)cc(C)cc2C)SC1=S. The second kappa shape index (κ2) is 8.65. The third kappa shape index (κ3) is 4.13. The normalized spacial score (nSPS) is 15.2. The molecule has 0 unspecified atom stereocenters. The molecular formula is C25H23N3OS2. The number of benzene rings is 2. The second-order valence-electron chi connectivity index (χ2n) is 7.57. The van der Waals surface area contributed by atoms with E-state index >= 15 is 0 Å². The Bertz CT molecular complexity index is 1200. The molecule has 1 amide bonds. The highest BCUT2D eigenvalue weighted by Gasteiger charge is 2.31. The van der Waals surface area contributed by atoms with Crippen molar-refractivity contribution >= 4 is 40.3 Å². The molecule has 1 saturated heterocycles. The minimum absolute atomic E-state index is 0.0920. The molecule has 156 valence electrons. The van der Waals surface area contributed by atoms with Crippen molar-refractivity contribution in [3.8, 4) is 16.9 Å². The summed E-state index contributed by atoms with van der Waals surface area (Å²) in [7, 11) is 0. The van der Waals surface area contributed by atoms with Gasteiger partial charge in [-0.05, 0) is 50.1 Å². The maximum absolute atomic E-state index is 12.9. The van der Waals surface area contributed by atoms with E-state index in [-0.39, 0.29) is 5.91 Å². The van der Waals surface area contributed by atoms with Gasteiger partial charge in [0.05, 0.1) is 10.6 Å². The van der Waals surface area contributed by atoms with Gasteiger partial charge < -0.3 is 0 Å². The van der Waals surface area contributed by atoms with Crippen LogP contribution in [0, 0.1) is 20.8 Å². The Morgan fingerprint density at radius 2 is 1.81 bits per heavy atom. The highest BCUT2D eigenvalue weighted by atomic mass is 32.2. The number of nitrogens with zero attached hydrogens (tertiary/aromatic N) is 3. The first kappa shape index (κ1) is 21.3. The summed E-state index contributed by atoms with van der Waals surface area (Å²) < 4.78 is 2.42. The first-order valence-corrected chi connectivity index (χ1v) is 11.2. The van der Waals surface area contributed by atoms with Crippen LogP contribution in [0.1, 0.15) is 22.3 Å². The molecule has 0 atom stereocenters. The Balaban J connectivity index is 1.88. The van der Waals surface area contributed by atoms with Crippen molar-refractivity contribution in [2.45, 2.75) is 20.8 Å². The van der Waals surface area contributed by atoms with Gasteiger partial charge in [0.2, 0.25) is 0 Å². The highest BCUT2D eigenvalue weighted by Crippen LogP contribution is 2.36. The molecule has 1 aliphatic heterocycles. The first-order chi connectivity index (χ1) is 14.9. The molecule has 0 bridgehead atoms. The van der Waals surface area contributed by atoms with Gasteiger partial charge in [0.1, 0.15) is 10.0 Å². The smallest absolute Gasteiger partial charge is 0.266 e. The Kier molecular flexibility index (Phi) is 5.94. The van der Waals surface area contributed by atoms with Crippen molar-refractivity contribution < 1.29 is 4.79 Å². The zero-order chi connectivity index (χ0) is 22.1. The van der Waals surface area contributed by atoms with E-state index in [2.05, 4.69) is 39.5 Å². The van der Waals surface area contributed by atoms with Gasteiger partial charge >= 0.3 is 0 Å². The molecule has 1 aliphatic rings. The van der Waals surface area contributed by atoms with E-state index < -0.39 is 0 Å². The minimum atomic E-state index is -0.0920. The van der Waals surface area contributed by atoms with Crippen molar-refractivity contribution in [1.29, 1.82) is 0 Å². The zero-order valence-electron chi connectivity index (χ0n) is 17.8. The van der Waals surface area contributed by atoms with Gasteiger partial charge in [-0.3, -0.25) is 9.69 Å². The number of para-hydroxylation sites is 1. The maximum atomic E-state index is 12.9. The number of hydrogen-bond acceptors (Lipinski definition) is 4. The monoisotopic (exact) mass is 445 g/mol. The number of rotatable bonds is 5. The summed E-state index contributed by atoms with van der Waals surface area (Å²) in [5.74, 6) is -0.0920. The standard InChI is InChI=1S/C25H23N3OS2/c1-5-11-27-24(29)21(31-25(27)30)14-19-15-28(20-9-7-6-8-10-20)26-23(19)22-17(3)12-16(2)13-18(22)4/h5-10,12-15H,1,11H2,2-4H3. The van der Waals surface area contributed by atoms with Gasteiger partial charge in [0.25, 0.3) is 5.91 Å². The van der Waals surface area contributed by atoms with Crippen LogP contribution in [0.25, 0.3) is 23.0 Å². The summed E-state index contributed by atoms with van der Waals surface area (Å²) >= 11 is 6.72. The molecule has 0 saturated carbocycles.